The molecule has 1 aliphatic heterocycles. The molecule has 1 aliphatic rings. The van der Waals surface area contributed by atoms with Crippen LogP contribution in [0.1, 0.15) is 0 Å². The van der Waals surface area contributed by atoms with Gasteiger partial charge in [-0.2, -0.15) is 0 Å². The van der Waals surface area contributed by atoms with E-state index in [4.69, 9.17) is 16.3 Å². The lowest BCUT2D eigenvalue weighted by Gasteiger charge is -2.36. The quantitative estimate of drug-likeness (QED) is 0.546. The van der Waals surface area contributed by atoms with Crippen LogP contribution in [-0.2, 0) is 14.8 Å². The largest absolute Gasteiger partial charge is 0.482 e. The van der Waals surface area contributed by atoms with Gasteiger partial charge in [-0.05, 0) is 42.5 Å². The Balaban J connectivity index is 1.30. The second-order valence-corrected chi connectivity index (χ2v) is 9.37. The van der Waals surface area contributed by atoms with Gasteiger partial charge in [0.15, 0.2) is 6.61 Å². The van der Waals surface area contributed by atoms with Crippen molar-refractivity contribution >= 4 is 39.0 Å². The van der Waals surface area contributed by atoms with Crippen molar-refractivity contribution in [1.29, 1.82) is 0 Å². The lowest BCUT2D eigenvalue weighted by Crippen LogP contribution is -2.50. The number of rotatable bonds is 7. The van der Waals surface area contributed by atoms with Gasteiger partial charge < -0.3 is 14.5 Å². The molecule has 2 heterocycles. The summed E-state index contributed by atoms with van der Waals surface area (Å²) in [7, 11) is -3.75. The fraction of sp³-hybridized carbons (Fsp3) is 0.227. The number of carbonyl (C=O) groups is 1. The molecule has 9 nitrogen and oxygen atoms in total. The summed E-state index contributed by atoms with van der Waals surface area (Å²) in [5, 5.41) is 0.466. The molecule has 1 aromatic heterocycles. The lowest BCUT2D eigenvalue weighted by atomic mass is 10.2. The zero-order chi connectivity index (χ0) is 23.3. The third-order valence-corrected chi connectivity index (χ3v) is 6.84. The Morgan fingerprint density at radius 1 is 1.03 bits per heavy atom. The summed E-state index contributed by atoms with van der Waals surface area (Å²) >= 11 is 6.06. The van der Waals surface area contributed by atoms with Crippen molar-refractivity contribution in [3.8, 4) is 5.75 Å². The van der Waals surface area contributed by atoms with Crippen molar-refractivity contribution in [2.24, 2.45) is 0 Å². The molecule has 0 unspecified atom stereocenters. The molecular weight excluding hydrogens is 466 g/mol. The lowest BCUT2D eigenvalue weighted by molar-refractivity contribution is -0.133. The molecule has 0 bridgehead atoms. The van der Waals surface area contributed by atoms with Crippen LogP contribution in [0.2, 0.25) is 5.02 Å². The van der Waals surface area contributed by atoms with Crippen molar-refractivity contribution in [3.05, 3.63) is 72.1 Å². The highest BCUT2D eigenvalue weighted by Crippen LogP contribution is 2.24. The van der Waals surface area contributed by atoms with Crippen molar-refractivity contribution in [1.82, 2.24) is 14.9 Å². The van der Waals surface area contributed by atoms with Crippen LogP contribution in [0.4, 0.5) is 11.5 Å². The number of ether oxygens (including phenoxy) is 1. The Labute approximate surface area is 197 Å². The second kappa shape index (κ2) is 10.1. The standard InChI is InChI=1S/C22H22ClN5O4S/c23-19-3-1-2-4-20(19)32-15-22(29)28-13-11-27(12-14-28)17-5-7-18(8-6-17)33(30,31)26-21-9-10-24-16-25-21/h1-10,16H,11-15H2,(H,24,25,26). The van der Waals surface area contributed by atoms with E-state index in [0.717, 1.165) is 5.69 Å². The van der Waals surface area contributed by atoms with Gasteiger partial charge in [-0.15, -0.1) is 0 Å². The molecule has 0 spiro atoms. The number of hydrogen-bond donors (Lipinski definition) is 1. The third kappa shape index (κ3) is 5.71. The molecule has 0 atom stereocenters. The van der Waals surface area contributed by atoms with E-state index < -0.39 is 10.0 Å². The van der Waals surface area contributed by atoms with Gasteiger partial charge in [0.1, 0.15) is 17.9 Å². The fourth-order valence-electron chi connectivity index (χ4n) is 3.39. The number of aromatic nitrogens is 2. The Morgan fingerprint density at radius 3 is 2.42 bits per heavy atom. The minimum atomic E-state index is -3.75. The fourth-order valence-corrected chi connectivity index (χ4v) is 4.59. The van der Waals surface area contributed by atoms with Crippen LogP contribution in [0.5, 0.6) is 5.75 Å². The monoisotopic (exact) mass is 487 g/mol. The first kappa shape index (κ1) is 22.8. The molecule has 33 heavy (non-hydrogen) atoms. The molecule has 0 radical (unpaired) electrons. The second-order valence-electron chi connectivity index (χ2n) is 7.28. The summed E-state index contributed by atoms with van der Waals surface area (Å²) < 4.78 is 33.1. The highest BCUT2D eigenvalue weighted by molar-refractivity contribution is 7.92. The molecular formula is C22H22ClN5O4S. The summed E-state index contributed by atoms with van der Waals surface area (Å²) in [5.74, 6) is 0.579. The van der Waals surface area contributed by atoms with Crippen LogP contribution in [0.3, 0.4) is 0 Å². The van der Waals surface area contributed by atoms with Crippen LogP contribution >= 0.6 is 11.6 Å². The van der Waals surface area contributed by atoms with Crippen LogP contribution in [0.25, 0.3) is 0 Å². The molecule has 1 amide bonds. The Kier molecular flexibility index (Phi) is 6.95. The SMILES string of the molecule is O=C(COc1ccccc1Cl)N1CCN(c2ccc(S(=O)(=O)Nc3ccncn3)cc2)CC1. The van der Waals surface area contributed by atoms with Crippen LogP contribution in [0.15, 0.2) is 72.0 Å². The molecule has 0 saturated carbocycles. The van der Waals surface area contributed by atoms with E-state index in [1.807, 2.05) is 0 Å². The van der Waals surface area contributed by atoms with Crippen LogP contribution in [0, 0.1) is 0 Å². The van der Waals surface area contributed by atoms with Crippen molar-refractivity contribution in [2.75, 3.05) is 42.4 Å². The number of piperazine rings is 1. The first-order valence-corrected chi connectivity index (χ1v) is 12.1. The maximum Gasteiger partial charge on any atom is 0.263 e. The number of nitrogens with one attached hydrogen (secondary N) is 1. The van der Waals surface area contributed by atoms with E-state index in [0.29, 0.717) is 37.0 Å². The number of sulfonamides is 1. The Morgan fingerprint density at radius 2 is 1.76 bits per heavy atom. The molecule has 4 rings (SSSR count). The van der Waals surface area contributed by atoms with Gasteiger partial charge in [0.2, 0.25) is 0 Å². The summed E-state index contributed by atoms with van der Waals surface area (Å²) in [6.45, 7) is 2.27. The topological polar surface area (TPSA) is 105 Å². The van der Waals surface area contributed by atoms with Gasteiger partial charge in [-0.3, -0.25) is 9.52 Å². The van der Waals surface area contributed by atoms with E-state index in [9.17, 15) is 13.2 Å². The number of benzene rings is 2. The Hall–Kier alpha value is -3.37. The number of carbonyl (C=O) groups excluding carboxylic acids is 1. The average Bonchev–Trinajstić information content (AvgIpc) is 2.84. The minimum absolute atomic E-state index is 0.0738. The Bertz CT molecular complexity index is 1200. The van der Waals surface area contributed by atoms with Gasteiger partial charge in [0, 0.05) is 38.1 Å². The molecule has 1 saturated heterocycles. The van der Waals surface area contributed by atoms with Crippen molar-refractivity contribution in [2.45, 2.75) is 4.90 Å². The highest BCUT2D eigenvalue weighted by atomic mass is 35.5. The summed E-state index contributed by atoms with van der Waals surface area (Å²) in [6.07, 6.45) is 2.73. The molecule has 0 aliphatic carbocycles. The van der Waals surface area contributed by atoms with E-state index in [1.54, 1.807) is 53.4 Å². The highest BCUT2D eigenvalue weighted by Gasteiger charge is 2.22. The van der Waals surface area contributed by atoms with Gasteiger partial charge in [-0.25, -0.2) is 18.4 Å². The first-order valence-electron chi connectivity index (χ1n) is 10.2. The molecule has 2 aromatic carbocycles. The zero-order valence-electron chi connectivity index (χ0n) is 17.6. The van der Waals surface area contributed by atoms with Gasteiger partial charge in [0.05, 0.1) is 9.92 Å². The maximum atomic E-state index is 12.5. The number of hydrogen-bond acceptors (Lipinski definition) is 7. The van der Waals surface area contributed by atoms with Crippen LogP contribution < -0.4 is 14.4 Å². The summed E-state index contributed by atoms with van der Waals surface area (Å²) in [5.41, 5.74) is 0.885. The summed E-state index contributed by atoms with van der Waals surface area (Å²) in [4.78, 5) is 24.1. The van der Waals surface area contributed by atoms with Gasteiger partial charge in [-0.1, -0.05) is 23.7 Å². The normalized spacial score (nSPS) is 14.1. The third-order valence-electron chi connectivity index (χ3n) is 5.15. The predicted octanol–water partition coefficient (Wildman–Crippen LogP) is 2.66. The summed E-state index contributed by atoms with van der Waals surface area (Å²) in [6, 6.07) is 15.1. The minimum Gasteiger partial charge on any atom is -0.482 e. The number of para-hydroxylation sites is 1. The average molecular weight is 488 g/mol. The molecule has 3 aromatic rings. The zero-order valence-corrected chi connectivity index (χ0v) is 19.2. The van der Waals surface area contributed by atoms with Crippen molar-refractivity contribution < 1.29 is 17.9 Å². The molecule has 172 valence electrons. The van der Waals surface area contributed by atoms with Crippen molar-refractivity contribution in [3.63, 3.8) is 0 Å². The number of anilines is 2. The number of amides is 1. The van der Waals surface area contributed by atoms with E-state index >= 15 is 0 Å². The molecule has 11 heteroatoms. The predicted molar refractivity (Wildman–Crippen MR) is 125 cm³/mol. The molecule has 1 fully saturated rings. The van der Waals surface area contributed by atoms with Gasteiger partial charge >= 0.3 is 0 Å². The molecule has 1 N–H and O–H groups in total. The number of halogens is 1. The van der Waals surface area contributed by atoms with E-state index in [1.165, 1.54) is 18.6 Å². The van der Waals surface area contributed by atoms with E-state index in [2.05, 4.69) is 19.6 Å². The van der Waals surface area contributed by atoms with Crippen LogP contribution in [-0.4, -0.2) is 62.0 Å². The smallest absolute Gasteiger partial charge is 0.263 e. The maximum absolute atomic E-state index is 12.5. The van der Waals surface area contributed by atoms with E-state index in [-0.39, 0.29) is 23.2 Å². The number of nitrogens with zero attached hydrogens (tertiary/aromatic N) is 4. The first-order chi connectivity index (χ1) is 15.9. The van der Waals surface area contributed by atoms with Gasteiger partial charge in [0.25, 0.3) is 15.9 Å².